The van der Waals surface area contributed by atoms with Crippen LogP contribution < -0.4 is 10.1 Å². The highest BCUT2D eigenvalue weighted by Gasteiger charge is 2.22. The molecule has 1 aromatic heterocycles. The molecule has 1 heterocycles. The molecule has 176 valence electrons. The molecule has 0 fully saturated rings. The molecular formula is C24H36N4O4. The third kappa shape index (κ3) is 7.60. The minimum Gasteiger partial charge on any atom is -0.495 e. The lowest BCUT2D eigenvalue weighted by atomic mass is 10.2. The minimum absolute atomic E-state index is 0.00116. The number of hydrogen-bond donors (Lipinski definition) is 1. The van der Waals surface area contributed by atoms with Gasteiger partial charge in [0.25, 0.3) is 0 Å². The van der Waals surface area contributed by atoms with Crippen LogP contribution in [0.4, 0.5) is 10.5 Å². The van der Waals surface area contributed by atoms with Crippen molar-refractivity contribution in [1.82, 2.24) is 14.4 Å². The number of methoxy groups -OCH3 is 2. The Labute approximate surface area is 191 Å². The van der Waals surface area contributed by atoms with Crippen molar-refractivity contribution in [2.24, 2.45) is 7.05 Å². The number of aryl methyl sites for hydroxylation is 1. The molecule has 0 saturated carbocycles. The molecule has 0 spiro atoms. The number of rotatable bonds is 13. The number of urea groups is 1. The van der Waals surface area contributed by atoms with Gasteiger partial charge in [-0.05, 0) is 37.1 Å². The summed E-state index contributed by atoms with van der Waals surface area (Å²) in [7, 11) is 5.15. The summed E-state index contributed by atoms with van der Waals surface area (Å²) in [5, 5.41) is 2.88. The lowest BCUT2D eigenvalue weighted by Crippen LogP contribution is -2.45. The van der Waals surface area contributed by atoms with Gasteiger partial charge in [-0.3, -0.25) is 4.79 Å². The van der Waals surface area contributed by atoms with Gasteiger partial charge >= 0.3 is 6.03 Å². The number of para-hydroxylation sites is 2. The first-order valence-electron chi connectivity index (χ1n) is 11.1. The molecule has 1 N–H and O–H groups in total. The predicted molar refractivity (Wildman–Crippen MR) is 126 cm³/mol. The van der Waals surface area contributed by atoms with E-state index >= 15 is 0 Å². The van der Waals surface area contributed by atoms with Gasteiger partial charge < -0.3 is 29.2 Å². The summed E-state index contributed by atoms with van der Waals surface area (Å²) >= 11 is 0. The van der Waals surface area contributed by atoms with Crippen molar-refractivity contribution in [2.45, 2.75) is 32.7 Å². The molecule has 32 heavy (non-hydrogen) atoms. The Kier molecular flexibility index (Phi) is 10.6. The van der Waals surface area contributed by atoms with E-state index in [-0.39, 0.29) is 18.5 Å². The van der Waals surface area contributed by atoms with Crippen LogP contribution in [0.25, 0.3) is 0 Å². The normalized spacial score (nSPS) is 10.6. The van der Waals surface area contributed by atoms with Gasteiger partial charge in [-0.15, -0.1) is 0 Å². The first-order valence-corrected chi connectivity index (χ1v) is 11.1. The Balaban J connectivity index is 2.13. The van der Waals surface area contributed by atoms with Crippen LogP contribution in [0, 0.1) is 0 Å². The lowest BCUT2D eigenvalue weighted by Gasteiger charge is -2.28. The van der Waals surface area contributed by atoms with Gasteiger partial charge in [0.2, 0.25) is 5.91 Å². The zero-order chi connectivity index (χ0) is 23.3. The summed E-state index contributed by atoms with van der Waals surface area (Å²) in [6.07, 6.45) is 4.50. The van der Waals surface area contributed by atoms with Gasteiger partial charge in [-0.2, -0.15) is 0 Å². The van der Waals surface area contributed by atoms with E-state index in [0.29, 0.717) is 44.1 Å². The van der Waals surface area contributed by atoms with E-state index in [2.05, 4.69) is 12.2 Å². The molecule has 0 aliphatic heterocycles. The van der Waals surface area contributed by atoms with E-state index in [4.69, 9.17) is 9.47 Å². The summed E-state index contributed by atoms with van der Waals surface area (Å²) < 4.78 is 12.5. The number of unbranched alkanes of at least 4 members (excludes halogenated alkanes) is 1. The maximum atomic E-state index is 13.2. The molecule has 1 aromatic carbocycles. The Bertz CT molecular complexity index is 852. The standard InChI is InChI=1S/C24H36N4O4/c1-5-6-15-27(18-20-11-9-14-26(20)2)23(29)19-28(16-10-17-31-3)24(30)25-21-12-7-8-13-22(21)32-4/h7-9,11-14H,5-6,10,15-19H2,1-4H3,(H,25,30). The Morgan fingerprint density at radius 1 is 1.03 bits per heavy atom. The second-order valence-electron chi connectivity index (χ2n) is 7.68. The largest absolute Gasteiger partial charge is 0.495 e. The Hall–Kier alpha value is -3.00. The number of ether oxygens (including phenoxy) is 2. The van der Waals surface area contributed by atoms with Gasteiger partial charge in [0, 0.05) is 45.7 Å². The molecule has 0 aliphatic carbocycles. The molecule has 0 atom stereocenters. The number of nitrogens with zero attached hydrogens (tertiary/aromatic N) is 3. The number of nitrogens with one attached hydrogen (secondary N) is 1. The molecule has 2 aromatic rings. The number of amides is 3. The summed E-state index contributed by atoms with van der Waals surface area (Å²) in [5.41, 5.74) is 1.62. The van der Waals surface area contributed by atoms with Crippen molar-refractivity contribution in [1.29, 1.82) is 0 Å². The number of carbonyl (C=O) groups excluding carboxylic acids is 2. The van der Waals surface area contributed by atoms with Crippen molar-refractivity contribution in [3.8, 4) is 5.75 Å². The van der Waals surface area contributed by atoms with Gasteiger partial charge in [0.1, 0.15) is 12.3 Å². The SMILES string of the molecule is CCCCN(Cc1cccn1C)C(=O)CN(CCCOC)C(=O)Nc1ccccc1OC. The van der Waals surface area contributed by atoms with Crippen molar-refractivity contribution in [3.63, 3.8) is 0 Å². The van der Waals surface area contributed by atoms with E-state index in [0.717, 1.165) is 18.5 Å². The van der Waals surface area contributed by atoms with Crippen LogP contribution in [-0.2, 0) is 23.1 Å². The number of benzene rings is 1. The van der Waals surface area contributed by atoms with Crippen LogP contribution in [0.3, 0.4) is 0 Å². The van der Waals surface area contributed by atoms with Gasteiger partial charge in [-0.1, -0.05) is 25.5 Å². The predicted octanol–water partition coefficient (Wildman–Crippen LogP) is 3.73. The second kappa shape index (κ2) is 13.4. The summed E-state index contributed by atoms with van der Waals surface area (Å²) in [6, 6.07) is 10.9. The summed E-state index contributed by atoms with van der Waals surface area (Å²) in [5.74, 6) is 0.490. The average Bonchev–Trinajstić information content (AvgIpc) is 3.20. The molecule has 0 saturated heterocycles. The molecule has 0 radical (unpaired) electrons. The van der Waals surface area contributed by atoms with Gasteiger partial charge in [-0.25, -0.2) is 4.79 Å². The van der Waals surface area contributed by atoms with E-state index < -0.39 is 0 Å². The highest BCUT2D eigenvalue weighted by atomic mass is 16.5. The van der Waals surface area contributed by atoms with Crippen molar-refractivity contribution in [2.75, 3.05) is 45.8 Å². The first kappa shape index (κ1) is 25.3. The van der Waals surface area contributed by atoms with E-state index in [1.165, 1.54) is 4.90 Å². The minimum atomic E-state index is -0.340. The molecule has 0 bridgehead atoms. The quantitative estimate of drug-likeness (QED) is 0.478. The van der Waals surface area contributed by atoms with E-state index in [1.807, 2.05) is 47.0 Å². The fraction of sp³-hybridized carbons (Fsp3) is 0.500. The van der Waals surface area contributed by atoms with Gasteiger partial charge in [0.05, 0.1) is 19.3 Å². The summed E-state index contributed by atoms with van der Waals surface area (Å²) in [4.78, 5) is 29.7. The van der Waals surface area contributed by atoms with Crippen molar-refractivity contribution >= 4 is 17.6 Å². The van der Waals surface area contributed by atoms with Crippen LogP contribution in [0.5, 0.6) is 5.75 Å². The smallest absolute Gasteiger partial charge is 0.322 e. The monoisotopic (exact) mass is 444 g/mol. The maximum absolute atomic E-state index is 13.2. The van der Waals surface area contributed by atoms with Crippen LogP contribution in [0.15, 0.2) is 42.6 Å². The van der Waals surface area contributed by atoms with Crippen molar-refractivity contribution < 1.29 is 19.1 Å². The highest BCUT2D eigenvalue weighted by molar-refractivity contribution is 5.93. The molecule has 0 unspecified atom stereocenters. The maximum Gasteiger partial charge on any atom is 0.322 e. The first-order chi connectivity index (χ1) is 15.5. The molecule has 3 amide bonds. The van der Waals surface area contributed by atoms with Crippen LogP contribution in [-0.4, -0.2) is 66.8 Å². The molecule has 8 nitrogen and oxygen atoms in total. The summed E-state index contributed by atoms with van der Waals surface area (Å²) in [6.45, 7) is 4.19. The third-order valence-electron chi connectivity index (χ3n) is 5.28. The zero-order valence-corrected chi connectivity index (χ0v) is 19.7. The number of anilines is 1. The third-order valence-corrected chi connectivity index (χ3v) is 5.28. The zero-order valence-electron chi connectivity index (χ0n) is 19.7. The van der Waals surface area contributed by atoms with E-state index in [9.17, 15) is 9.59 Å². The Morgan fingerprint density at radius 3 is 2.44 bits per heavy atom. The molecule has 8 heteroatoms. The fourth-order valence-electron chi connectivity index (χ4n) is 3.35. The molecule has 0 aliphatic rings. The molecule has 2 rings (SSSR count). The topological polar surface area (TPSA) is 76.0 Å². The van der Waals surface area contributed by atoms with Crippen LogP contribution >= 0.6 is 0 Å². The number of carbonyl (C=O) groups is 2. The molecular weight excluding hydrogens is 408 g/mol. The highest BCUT2D eigenvalue weighted by Crippen LogP contribution is 2.23. The van der Waals surface area contributed by atoms with E-state index in [1.54, 1.807) is 26.4 Å². The van der Waals surface area contributed by atoms with Crippen molar-refractivity contribution in [3.05, 3.63) is 48.3 Å². The van der Waals surface area contributed by atoms with Crippen LogP contribution in [0.1, 0.15) is 31.9 Å². The average molecular weight is 445 g/mol. The number of hydrogen-bond acceptors (Lipinski definition) is 4. The Morgan fingerprint density at radius 2 is 1.78 bits per heavy atom. The number of aromatic nitrogens is 1. The second-order valence-corrected chi connectivity index (χ2v) is 7.68. The van der Waals surface area contributed by atoms with Crippen LogP contribution in [0.2, 0.25) is 0 Å². The fourth-order valence-corrected chi connectivity index (χ4v) is 3.35. The van der Waals surface area contributed by atoms with Gasteiger partial charge in [0.15, 0.2) is 0 Å². The lowest BCUT2D eigenvalue weighted by molar-refractivity contribution is -0.132.